The summed E-state index contributed by atoms with van der Waals surface area (Å²) < 4.78 is 9.44. The smallest absolute Gasteiger partial charge is 0.251 e. The lowest BCUT2D eigenvalue weighted by molar-refractivity contribution is -0.135. The average Bonchev–Trinajstić information content (AvgIpc) is 3.53. The minimum Gasteiger partial charge on any atom is -0.475 e. The molecule has 1 fully saturated rings. The van der Waals surface area contributed by atoms with Gasteiger partial charge in [-0.3, -0.25) is 4.79 Å². The summed E-state index contributed by atoms with van der Waals surface area (Å²) in [6.07, 6.45) is 6.56. The third kappa shape index (κ3) is 3.16. The highest BCUT2D eigenvalue weighted by Gasteiger charge is 2.38. The van der Waals surface area contributed by atoms with Gasteiger partial charge in [0.25, 0.3) is 5.91 Å². The fraction of sp³-hybridized carbons (Fsp3) is 0.273. The Morgan fingerprint density at radius 2 is 2.12 bits per heavy atom. The lowest BCUT2D eigenvalue weighted by Gasteiger charge is -2.25. The molecule has 10 heteroatoms. The quantitative estimate of drug-likeness (QED) is 0.468. The number of fused-ring (bicyclic) bond motifs is 5. The fourth-order valence-corrected chi connectivity index (χ4v) is 4.37. The summed E-state index contributed by atoms with van der Waals surface area (Å²) in [4.78, 5) is 18.8. The van der Waals surface area contributed by atoms with Crippen molar-refractivity contribution in [2.24, 2.45) is 0 Å². The van der Waals surface area contributed by atoms with E-state index < -0.39 is 6.10 Å². The normalized spacial score (nSPS) is 20.7. The topological polar surface area (TPSA) is 110 Å². The highest BCUT2D eigenvalue weighted by Crippen LogP contribution is 2.30. The maximum atomic E-state index is 12.5. The molecule has 4 aromatic rings. The molecule has 2 N–H and O–H groups in total. The number of aromatic nitrogens is 5. The van der Waals surface area contributed by atoms with Crippen molar-refractivity contribution >= 4 is 17.2 Å². The number of anilines is 1. The summed E-state index contributed by atoms with van der Waals surface area (Å²) >= 11 is 0. The Morgan fingerprint density at radius 1 is 1.19 bits per heavy atom. The molecule has 32 heavy (non-hydrogen) atoms. The number of rotatable bonds is 1. The van der Waals surface area contributed by atoms with E-state index in [0.717, 1.165) is 22.5 Å². The van der Waals surface area contributed by atoms with Gasteiger partial charge in [0.2, 0.25) is 5.88 Å². The molecule has 1 amide bonds. The number of carbonyl (C=O) groups is 1. The molecular formula is C22H21N7O3. The molecule has 0 unspecified atom stereocenters. The maximum absolute atomic E-state index is 12.5. The van der Waals surface area contributed by atoms with Crippen molar-refractivity contribution in [3.05, 3.63) is 55.1 Å². The number of amides is 1. The third-order valence-corrected chi connectivity index (χ3v) is 5.95. The highest BCUT2D eigenvalue weighted by molar-refractivity contribution is 5.83. The van der Waals surface area contributed by atoms with Crippen LogP contribution in [0.4, 0.5) is 5.69 Å². The predicted molar refractivity (Wildman–Crippen MR) is 116 cm³/mol. The van der Waals surface area contributed by atoms with E-state index in [1.54, 1.807) is 38.8 Å². The van der Waals surface area contributed by atoms with E-state index in [9.17, 15) is 9.90 Å². The van der Waals surface area contributed by atoms with Crippen LogP contribution in [0.15, 0.2) is 55.1 Å². The van der Waals surface area contributed by atoms with E-state index in [0.29, 0.717) is 31.0 Å². The van der Waals surface area contributed by atoms with Crippen LogP contribution < -0.4 is 10.1 Å². The summed E-state index contributed by atoms with van der Waals surface area (Å²) in [5.41, 5.74) is 4.25. The van der Waals surface area contributed by atoms with Gasteiger partial charge in [-0.1, -0.05) is 0 Å². The Bertz CT molecular complexity index is 1300. The summed E-state index contributed by atoms with van der Waals surface area (Å²) in [5.74, 6) is 0.187. The summed E-state index contributed by atoms with van der Waals surface area (Å²) in [7, 11) is 0. The van der Waals surface area contributed by atoms with Gasteiger partial charge in [0.1, 0.15) is 12.7 Å². The van der Waals surface area contributed by atoms with Gasteiger partial charge in [-0.2, -0.15) is 15.2 Å². The first kappa shape index (κ1) is 18.8. The fourth-order valence-electron chi connectivity index (χ4n) is 4.37. The highest BCUT2D eigenvalue weighted by atomic mass is 16.5. The number of ether oxygens (including phenoxy) is 1. The number of aliphatic hydroxyl groups excluding tert-OH is 1. The van der Waals surface area contributed by atoms with Crippen molar-refractivity contribution in [1.29, 1.82) is 0 Å². The Morgan fingerprint density at radius 3 is 3.00 bits per heavy atom. The van der Waals surface area contributed by atoms with Crippen molar-refractivity contribution in [2.45, 2.75) is 18.6 Å². The minimum absolute atomic E-state index is 0.212. The molecular weight excluding hydrogens is 410 g/mol. The zero-order valence-corrected chi connectivity index (χ0v) is 17.1. The van der Waals surface area contributed by atoms with Gasteiger partial charge in [0.15, 0.2) is 5.65 Å². The van der Waals surface area contributed by atoms with Crippen LogP contribution in [0.1, 0.15) is 6.42 Å². The predicted octanol–water partition coefficient (Wildman–Crippen LogP) is 1.35. The van der Waals surface area contributed by atoms with Crippen molar-refractivity contribution in [3.8, 4) is 22.7 Å². The Kier molecular flexibility index (Phi) is 4.32. The van der Waals surface area contributed by atoms with Gasteiger partial charge in [-0.05, 0) is 29.8 Å². The zero-order chi connectivity index (χ0) is 21.7. The second-order valence-electron chi connectivity index (χ2n) is 7.99. The zero-order valence-electron chi connectivity index (χ0n) is 17.1. The van der Waals surface area contributed by atoms with Crippen molar-refractivity contribution < 1.29 is 14.6 Å². The van der Waals surface area contributed by atoms with Crippen LogP contribution in [-0.4, -0.2) is 72.1 Å². The molecule has 0 saturated carbocycles. The molecule has 6 rings (SSSR count). The van der Waals surface area contributed by atoms with Crippen LogP contribution in [0.3, 0.4) is 0 Å². The van der Waals surface area contributed by atoms with Crippen LogP contribution >= 0.6 is 0 Å². The van der Waals surface area contributed by atoms with E-state index in [4.69, 9.17) is 4.74 Å². The van der Waals surface area contributed by atoms with Crippen molar-refractivity contribution in [3.63, 3.8) is 0 Å². The van der Waals surface area contributed by atoms with E-state index >= 15 is 0 Å². The van der Waals surface area contributed by atoms with Crippen LogP contribution in [0.25, 0.3) is 22.5 Å². The number of aliphatic hydroxyl groups is 1. The first-order chi connectivity index (χ1) is 15.7. The SMILES string of the molecule is O=C1[C@H](O)C[C@H]2COc3ccn4ncc(c4n3)-c3cc(cc(-n4cccn4)c3)NCCN12. The summed E-state index contributed by atoms with van der Waals surface area (Å²) in [5, 5.41) is 22.3. The molecule has 0 radical (unpaired) electrons. The van der Waals surface area contributed by atoms with Crippen LogP contribution in [0.5, 0.6) is 5.88 Å². The Hall–Kier alpha value is -3.92. The molecule has 0 spiro atoms. The lowest BCUT2D eigenvalue weighted by atomic mass is 10.1. The number of benzene rings is 1. The number of nitrogens with zero attached hydrogens (tertiary/aromatic N) is 6. The van der Waals surface area contributed by atoms with Gasteiger partial charge in [-0.15, -0.1) is 0 Å². The number of hydrogen-bond donors (Lipinski definition) is 2. The van der Waals surface area contributed by atoms with Crippen LogP contribution in [-0.2, 0) is 4.79 Å². The van der Waals surface area contributed by atoms with Crippen LogP contribution in [0.2, 0.25) is 0 Å². The first-order valence-electron chi connectivity index (χ1n) is 10.5. The first-order valence-corrected chi connectivity index (χ1v) is 10.5. The van der Waals surface area contributed by atoms with E-state index in [-0.39, 0.29) is 18.6 Å². The largest absolute Gasteiger partial charge is 0.475 e. The van der Waals surface area contributed by atoms with E-state index in [1.807, 2.05) is 30.5 Å². The molecule has 2 aliphatic rings. The molecule has 1 aromatic carbocycles. The van der Waals surface area contributed by atoms with Crippen LogP contribution in [0, 0.1) is 0 Å². The van der Waals surface area contributed by atoms with Gasteiger partial charge in [0.05, 0.1) is 17.9 Å². The van der Waals surface area contributed by atoms with E-state index in [1.165, 1.54) is 0 Å². The van der Waals surface area contributed by atoms with Crippen molar-refractivity contribution in [2.75, 3.05) is 25.0 Å². The van der Waals surface area contributed by atoms with E-state index in [2.05, 4.69) is 20.5 Å². The molecule has 4 bridgehead atoms. The lowest BCUT2D eigenvalue weighted by Crippen LogP contribution is -2.40. The standard InChI is InChI=1S/C22H21N7O3/c30-19-11-17-13-32-20-2-6-29-21(26-20)18(12-25-29)14-8-15(23-4-7-27(17)22(19)31)10-16(9-14)28-5-1-3-24-28/h1-3,5-6,8-10,12,17,19,23,30H,4,7,11,13H2/t17-,19+/m0/s1. The van der Waals surface area contributed by atoms with Crippen molar-refractivity contribution in [1.82, 2.24) is 29.3 Å². The second-order valence-corrected chi connectivity index (χ2v) is 7.99. The maximum Gasteiger partial charge on any atom is 0.251 e. The second kappa shape index (κ2) is 7.34. The monoisotopic (exact) mass is 431 g/mol. The molecule has 162 valence electrons. The van der Waals surface area contributed by atoms with Gasteiger partial charge < -0.3 is 20.1 Å². The number of nitrogens with one attached hydrogen (secondary N) is 1. The third-order valence-electron chi connectivity index (χ3n) is 5.95. The minimum atomic E-state index is -0.995. The Balaban J connectivity index is 1.48. The molecule has 5 heterocycles. The van der Waals surface area contributed by atoms with Gasteiger partial charge >= 0.3 is 0 Å². The molecule has 10 nitrogen and oxygen atoms in total. The van der Waals surface area contributed by atoms with Gasteiger partial charge in [0, 0.05) is 55.4 Å². The number of hydrogen-bond acceptors (Lipinski definition) is 7. The Labute approximate surface area is 183 Å². The molecule has 1 saturated heterocycles. The summed E-state index contributed by atoms with van der Waals surface area (Å²) in [6.45, 7) is 1.25. The number of carbonyl (C=O) groups excluding carboxylic acids is 1. The molecule has 0 aliphatic carbocycles. The average molecular weight is 431 g/mol. The molecule has 2 atom stereocenters. The molecule has 2 aliphatic heterocycles. The summed E-state index contributed by atoms with van der Waals surface area (Å²) in [6, 6.07) is 9.48. The van der Waals surface area contributed by atoms with Gasteiger partial charge in [-0.25, -0.2) is 9.20 Å². The molecule has 3 aromatic heterocycles.